The summed E-state index contributed by atoms with van der Waals surface area (Å²) in [6.07, 6.45) is 13.8. The number of anilines is 2. The number of pyridine rings is 1. The summed E-state index contributed by atoms with van der Waals surface area (Å²) in [6, 6.07) is 8.69. The molecule has 0 atom stereocenters. The van der Waals surface area contributed by atoms with Gasteiger partial charge in [-0.2, -0.15) is 0 Å². The minimum absolute atomic E-state index is 0.702. The molecule has 0 bridgehead atoms. The van der Waals surface area contributed by atoms with Crippen LogP contribution in [0.5, 0.6) is 0 Å². The average molecular weight is 537 g/mol. The molecule has 3 heterocycles. The van der Waals surface area contributed by atoms with Crippen molar-refractivity contribution in [3.63, 3.8) is 0 Å². The van der Waals surface area contributed by atoms with Crippen LogP contribution in [-0.2, 0) is 0 Å². The van der Waals surface area contributed by atoms with Gasteiger partial charge in [0.25, 0.3) is 0 Å². The maximum absolute atomic E-state index is 5.59. The molecule has 3 aliphatic rings. The molecule has 3 fully saturated rings. The quantitative estimate of drug-likeness (QED) is 0.327. The number of benzene rings is 1. The van der Waals surface area contributed by atoms with Crippen molar-refractivity contribution in [1.29, 1.82) is 0 Å². The molecule has 7 heteroatoms. The lowest BCUT2D eigenvalue weighted by molar-refractivity contribution is 0.192. The molecule has 0 spiro atoms. The molecule has 1 aliphatic carbocycles. The molecule has 38 heavy (non-hydrogen) atoms. The number of piperazine rings is 1. The van der Waals surface area contributed by atoms with Crippen molar-refractivity contribution in [3.8, 4) is 0 Å². The lowest BCUT2D eigenvalue weighted by atomic mass is 9.89. The highest BCUT2D eigenvalue weighted by Crippen LogP contribution is 2.27. The van der Waals surface area contributed by atoms with Crippen LogP contribution < -0.4 is 15.5 Å². The number of nitrogens with one attached hydrogen (secondary N) is 2. The van der Waals surface area contributed by atoms with Gasteiger partial charge < -0.3 is 20.4 Å². The number of hydrogen-bond acceptors (Lipinski definition) is 5. The van der Waals surface area contributed by atoms with Crippen molar-refractivity contribution in [2.24, 2.45) is 5.92 Å². The van der Waals surface area contributed by atoms with E-state index in [1.54, 1.807) is 0 Å². The number of thiocarbonyl (C=S) groups is 1. The summed E-state index contributed by atoms with van der Waals surface area (Å²) in [4.78, 5) is 12.8. The Balaban J connectivity index is 1.10. The highest BCUT2D eigenvalue weighted by Gasteiger charge is 2.22. The molecule has 0 amide bonds. The Bertz CT molecular complexity index is 1040. The molecule has 1 aromatic heterocycles. The van der Waals surface area contributed by atoms with Gasteiger partial charge in [0.1, 0.15) is 5.82 Å². The highest BCUT2D eigenvalue weighted by molar-refractivity contribution is 7.80. The van der Waals surface area contributed by atoms with Gasteiger partial charge >= 0.3 is 0 Å². The van der Waals surface area contributed by atoms with Crippen LogP contribution in [0.2, 0.25) is 0 Å². The van der Waals surface area contributed by atoms with Gasteiger partial charge in [0.15, 0.2) is 5.11 Å². The molecule has 2 aromatic rings. The Morgan fingerprint density at radius 2 is 1.63 bits per heavy atom. The first-order valence-corrected chi connectivity index (χ1v) is 15.7. The number of hydrogen-bond donors (Lipinski definition) is 2. The van der Waals surface area contributed by atoms with E-state index < -0.39 is 0 Å². The predicted octanol–water partition coefficient (Wildman–Crippen LogP) is 5.80. The second-order valence-electron chi connectivity index (χ2n) is 11.8. The van der Waals surface area contributed by atoms with Crippen molar-refractivity contribution in [3.05, 3.63) is 29.8 Å². The van der Waals surface area contributed by atoms with Gasteiger partial charge in [-0.1, -0.05) is 32.1 Å². The molecule has 1 aromatic carbocycles. The summed E-state index contributed by atoms with van der Waals surface area (Å²) in [7, 11) is 0. The molecule has 0 radical (unpaired) electrons. The van der Waals surface area contributed by atoms with E-state index in [1.165, 1.54) is 88.4 Å². The number of fused-ring (bicyclic) bond motifs is 1. The molecular weight excluding hydrogens is 488 g/mol. The minimum atomic E-state index is 0.702. The lowest BCUT2D eigenvalue weighted by Gasteiger charge is -2.38. The summed E-state index contributed by atoms with van der Waals surface area (Å²) >= 11 is 5.59. The maximum atomic E-state index is 5.59. The van der Waals surface area contributed by atoms with Crippen LogP contribution in [-0.4, -0.2) is 78.8 Å². The van der Waals surface area contributed by atoms with E-state index in [9.17, 15) is 0 Å². The largest absolute Gasteiger partial charge is 0.362 e. The molecular formula is C31H48N6S. The minimum Gasteiger partial charge on any atom is -0.362 e. The zero-order chi connectivity index (χ0) is 26.2. The first-order chi connectivity index (χ1) is 18.6. The number of aromatic nitrogens is 1. The van der Waals surface area contributed by atoms with E-state index >= 15 is 0 Å². The molecule has 2 aliphatic heterocycles. The first kappa shape index (κ1) is 27.6. The summed E-state index contributed by atoms with van der Waals surface area (Å²) in [5, 5.41) is 8.68. The van der Waals surface area contributed by atoms with Gasteiger partial charge in [-0.05, 0) is 107 Å². The zero-order valence-electron chi connectivity index (χ0n) is 23.5. The van der Waals surface area contributed by atoms with Crippen molar-refractivity contribution < 1.29 is 0 Å². The van der Waals surface area contributed by atoms with Crippen molar-refractivity contribution in [2.75, 3.05) is 69.1 Å². The topological polar surface area (TPSA) is 46.7 Å². The number of rotatable bonds is 8. The number of aryl methyl sites for hydroxylation is 1. The van der Waals surface area contributed by atoms with Gasteiger partial charge in [0.2, 0.25) is 0 Å². The van der Waals surface area contributed by atoms with E-state index in [2.05, 4.69) is 56.5 Å². The standard InChI is InChI=1S/C31H48N6S/c1-25-22-30(37-20-18-36(19-21-37)24-26-10-5-4-6-11-26)34-29-13-12-27(23-28(25)29)33-31(38)32-14-9-17-35-15-7-2-3-8-16-35/h12-13,22-23,26H,2-11,14-21,24H2,1H3,(H2,32,33,38). The van der Waals surface area contributed by atoms with Crippen molar-refractivity contribution in [1.82, 2.24) is 20.1 Å². The smallest absolute Gasteiger partial charge is 0.170 e. The second-order valence-corrected chi connectivity index (χ2v) is 12.2. The average Bonchev–Trinajstić information content (AvgIpc) is 3.21. The third-order valence-electron chi connectivity index (χ3n) is 8.83. The van der Waals surface area contributed by atoms with Gasteiger partial charge in [0.05, 0.1) is 5.52 Å². The summed E-state index contributed by atoms with van der Waals surface area (Å²) in [5.74, 6) is 2.04. The van der Waals surface area contributed by atoms with Crippen LogP contribution in [0.3, 0.4) is 0 Å². The van der Waals surface area contributed by atoms with Crippen LogP contribution in [0, 0.1) is 12.8 Å². The predicted molar refractivity (Wildman–Crippen MR) is 165 cm³/mol. The Morgan fingerprint density at radius 3 is 2.39 bits per heavy atom. The van der Waals surface area contributed by atoms with E-state index in [0.29, 0.717) is 5.11 Å². The van der Waals surface area contributed by atoms with Crippen LogP contribution in [0.25, 0.3) is 10.9 Å². The third-order valence-corrected chi connectivity index (χ3v) is 9.08. The van der Waals surface area contributed by atoms with E-state index in [-0.39, 0.29) is 0 Å². The number of nitrogens with zero attached hydrogens (tertiary/aromatic N) is 4. The van der Waals surface area contributed by atoms with Crippen LogP contribution >= 0.6 is 12.2 Å². The molecule has 1 saturated carbocycles. The fraction of sp³-hybridized carbons (Fsp3) is 0.677. The van der Waals surface area contributed by atoms with Gasteiger partial charge in [0, 0.05) is 50.3 Å². The van der Waals surface area contributed by atoms with Crippen LogP contribution in [0.4, 0.5) is 11.5 Å². The van der Waals surface area contributed by atoms with Crippen molar-refractivity contribution >= 4 is 39.7 Å². The monoisotopic (exact) mass is 536 g/mol. The van der Waals surface area contributed by atoms with Gasteiger partial charge in [-0.3, -0.25) is 4.90 Å². The normalized spacial score (nSPS) is 20.4. The Labute approximate surface area is 235 Å². The molecule has 0 unspecified atom stereocenters. The molecule has 2 N–H and O–H groups in total. The molecule has 6 nitrogen and oxygen atoms in total. The Morgan fingerprint density at radius 1 is 0.895 bits per heavy atom. The fourth-order valence-corrected chi connectivity index (χ4v) is 6.77. The van der Waals surface area contributed by atoms with Crippen LogP contribution in [0.15, 0.2) is 24.3 Å². The second kappa shape index (κ2) is 13.9. The zero-order valence-corrected chi connectivity index (χ0v) is 24.3. The molecule has 208 valence electrons. The fourth-order valence-electron chi connectivity index (χ4n) is 6.55. The number of likely N-dealkylation sites (tertiary alicyclic amines) is 1. The lowest BCUT2D eigenvalue weighted by Crippen LogP contribution is -2.48. The summed E-state index contributed by atoms with van der Waals surface area (Å²) in [5.41, 5.74) is 3.36. The summed E-state index contributed by atoms with van der Waals surface area (Å²) in [6.45, 7) is 12.5. The van der Waals surface area contributed by atoms with E-state index in [0.717, 1.165) is 68.6 Å². The molecule has 5 rings (SSSR count). The van der Waals surface area contributed by atoms with Crippen molar-refractivity contribution in [2.45, 2.75) is 71.1 Å². The third kappa shape index (κ3) is 7.80. The molecule has 2 saturated heterocycles. The SMILES string of the molecule is Cc1cc(N2CCN(CC3CCCCC3)CC2)nc2ccc(NC(=S)NCCCN3CCCCCC3)cc12. The first-order valence-electron chi connectivity index (χ1n) is 15.3. The Hall–Kier alpha value is -1.96. The van der Waals surface area contributed by atoms with Crippen LogP contribution in [0.1, 0.15) is 69.8 Å². The van der Waals surface area contributed by atoms with Gasteiger partial charge in [-0.25, -0.2) is 4.98 Å². The Kier molecular flexibility index (Phi) is 10.1. The van der Waals surface area contributed by atoms with Gasteiger partial charge in [-0.15, -0.1) is 0 Å². The maximum Gasteiger partial charge on any atom is 0.170 e. The highest BCUT2D eigenvalue weighted by atomic mass is 32.1. The summed E-state index contributed by atoms with van der Waals surface area (Å²) < 4.78 is 0. The van der Waals surface area contributed by atoms with E-state index in [1.807, 2.05) is 0 Å². The van der Waals surface area contributed by atoms with E-state index in [4.69, 9.17) is 17.2 Å².